The summed E-state index contributed by atoms with van der Waals surface area (Å²) in [5, 5.41) is 2.82. The molecule has 0 aromatic heterocycles. The Labute approximate surface area is 184 Å². The molecular weight excluding hydrogens is 401 g/mol. The van der Waals surface area contributed by atoms with Crippen molar-refractivity contribution in [2.45, 2.75) is 117 Å². The summed E-state index contributed by atoms with van der Waals surface area (Å²) < 4.78 is 15.4. The number of nitrogens with one attached hydrogen (secondary N) is 1. The third kappa shape index (κ3) is 20.6. The number of carbonyl (C=O) groups is 1. The summed E-state index contributed by atoms with van der Waals surface area (Å²) in [5.74, 6) is -0.0461. The molecule has 1 amide bonds. The highest BCUT2D eigenvalue weighted by molar-refractivity contribution is 7.46. The molecule has 1 atom stereocenters. The molecule has 30 heavy (non-hydrogen) atoms. The molecule has 0 rings (SSSR count). The van der Waals surface area contributed by atoms with Gasteiger partial charge in [-0.3, -0.25) is 9.32 Å². The summed E-state index contributed by atoms with van der Waals surface area (Å²) >= 11 is 0. The van der Waals surface area contributed by atoms with Crippen molar-refractivity contribution in [1.29, 1.82) is 0 Å². The van der Waals surface area contributed by atoms with Gasteiger partial charge in [-0.2, -0.15) is 0 Å². The first-order chi connectivity index (χ1) is 14.3. The zero-order valence-corrected chi connectivity index (χ0v) is 20.4. The van der Waals surface area contributed by atoms with Crippen molar-refractivity contribution < 1.29 is 23.7 Å². The van der Waals surface area contributed by atoms with Crippen molar-refractivity contribution in [3.8, 4) is 0 Å². The molecule has 0 bridgehead atoms. The fourth-order valence-corrected chi connectivity index (χ4v) is 3.57. The van der Waals surface area contributed by atoms with E-state index >= 15 is 0 Å². The minimum atomic E-state index is -4.51. The molecule has 0 spiro atoms. The summed E-state index contributed by atoms with van der Waals surface area (Å²) in [6, 6.07) is -0.395. The average molecular weight is 448 g/mol. The molecule has 0 radical (unpaired) electrons. The number of carbonyl (C=O) groups excluding carboxylic acids is 1. The number of phosphoric acid groups is 1. The second-order valence-corrected chi connectivity index (χ2v) is 9.78. The normalized spacial score (nSPS) is 13.3. The summed E-state index contributed by atoms with van der Waals surface area (Å²) in [5.41, 5.74) is 0. The van der Waals surface area contributed by atoms with E-state index in [9.17, 15) is 9.36 Å². The number of allylic oxidation sites excluding steroid dienone is 2. The van der Waals surface area contributed by atoms with Crippen LogP contribution in [0.5, 0.6) is 0 Å². The van der Waals surface area contributed by atoms with Crippen LogP contribution in [0, 0.1) is 5.92 Å². The van der Waals surface area contributed by atoms with Crippen LogP contribution in [0.25, 0.3) is 0 Å². The first kappa shape index (κ1) is 29.3. The molecule has 0 aliphatic heterocycles. The smallest absolute Gasteiger partial charge is 0.351 e. The average Bonchev–Trinajstić information content (AvgIpc) is 2.67. The van der Waals surface area contributed by atoms with Gasteiger partial charge in [0.05, 0.1) is 12.6 Å². The second-order valence-electron chi connectivity index (χ2n) is 8.54. The lowest BCUT2D eigenvalue weighted by Crippen LogP contribution is -2.41. The first-order valence-corrected chi connectivity index (χ1v) is 13.4. The van der Waals surface area contributed by atoms with Gasteiger partial charge in [0.15, 0.2) is 0 Å². The standard InChI is InChI=1S/C23H46NO5P/c1-4-5-6-7-8-9-10-11-12-13-14-15-16-17-18-19-23(25)24-22(21(2)3)20-29-30(26,27)28/h11-12,21-22H,4-10,13-20H2,1-3H3,(H,24,25)(H2,26,27,28)/t22-/m1/s1. The van der Waals surface area contributed by atoms with Crippen LogP contribution in [0.2, 0.25) is 0 Å². The molecule has 0 saturated heterocycles. The molecule has 7 heteroatoms. The molecular formula is C23H46NO5P. The first-order valence-electron chi connectivity index (χ1n) is 11.9. The third-order valence-electron chi connectivity index (χ3n) is 5.24. The Morgan fingerprint density at radius 1 is 0.900 bits per heavy atom. The Hall–Kier alpha value is -0.680. The molecule has 0 fully saturated rings. The molecule has 0 heterocycles. The van der Waals surface area contributed by atoms with Gasteiger partial charge in [-0.05, 0) is 38.0 Å². The highest BCUT2D eigenvalue weighted by atomic mass is 31.2. The van der Waals surface area contributed by atoms with Crippen LogP contribution in [0.4, 0.5) is 0 Å². The van der Waals surface area contributed by atoms with E-state index in [2.05, 4.69) is 28.9 Å². The Bertz CT molecular complexity index is 490. The molecule has 3 N–H and O–H groups in total. The number of hydrogen-bond acceptors (Lipinski definition) is 3. The Balaban J connectivity index is 3.61. The van der Waals surface area contributed by atoms with Crippen LogP contribution < -0.4 is 5.32 Å². The summed E-state index contributed by atoms with van der Waals surface area (Å²) in [6.07, 6.45) is 20.9. The van der Waals surface area contributed by atoms with E-state index in [0.717, 1.165) is 25.7 Å². The number of unbranched alkanes of at least 4 members (excludes halogenated alkanes) is 11. The second kappa shape index (κ2) is 19.0. The van der Waals surface area contributed by atoms with Crippen LogP contribution in [0.15, 0.2) is 12.2 Å². The van der Waals surface area contributed by atoms with Crippen molar-refractivity contribution in [3.05, 3.63) is 12.2 Å². The van der Waals surface area contributed by atoms with Gasteiger partial charge >= 0.3 is 7.82 Å². The van der Waals surface area contributed by atoms with Crippen LogP contribution >= 0.6 is 7.82 Å². The maximum absolute atomic E-state index is 12.0. The van der Waals surface area contributed by atoms with Crippen LogP contribution in [-0.2, 0) is 13.9 Å². The van der Waals surface area contributed by atoms with Crippen molar-refractivity contribution in [1.82, 2.24) is 5.32 Å². The minimum Gasteiger partial charge on any atom is -0.351 e. The SMILES string of the molecule is CCCCCCCCC=CCCCCCCCC(=O)N[C@H](COP(=O)(O)O)C(C)C. The van der Waals surface area contributed by atoms with Gasteiger partial charge in [0.1, 0.15) is 0 Å². The van der Waals surface area contributed by atoms with E-state index < -0.39 is 13.9 Å². The van der Waals surface area contributed by atoms with E-state index in [-0.39, 0.29) is 18.4 Å². The van der Waals surface area contributed by atoms with Crippen LogP contribution in [-0.4, -0.2) is 28.3 Å². The quantitative estimate of drug-likeness (QED) is 0.116. The molecule has 6 nitrogen and oxygen atoms in total. The maximum Gasteiger partial charge on any atom is 0.469 e. The van der Waals surface area contributed by atoms with Crippen LogP contribution in [0.1, 0.15) is 111 Å². The highest BCUT2D eigenvalue weighted by Gasteiger charge is 2.21. The monoisotopic (exact) mass is 447 g/mol. The van der Waals surface area contributed by atoms with Gasteiger partial charge in [-0.1, -0.05) is 84.3 Å². The number of phosphoric ester groups is 1. The maximum atomic E-state index is 12.0. The van der Waals surface area contributed by atoms with Crippen molar-refractivity contribution in [2.24, 2.45) is 5.92 Å². The predicted molar refractivity (Wildman–Crippen MR) is 124 cm³/mol. The lowest BCUT2D eigenvalue weighted by molar-refractivity contribution is -0.122. The molecule has 0 aromatic carbocycles. The van der Waals surface area contributed by atoms with Crippen molar-refractivity contribution >= 4 is 13.7 Å². The molecule has 0 unspecified atom stereocenters. The van der Waals surface area contributed by atoms with Crippen molar-refractivity contribution in [2.75, 3.05) is 6.61 Å². The zero-order valence-electron chi connectivity index (χ0n) is 19.5. The van der Waals surface area contributed by atoms with Gasteiger partial charge < -0.3 is 15.1 Å². The Morgan fingerprint density at radius 2 is 1.40 bits per heavy atom. The van der Waals surface area contributed by atoms with Crippen LogP contribution in [0.3, 0.4) is 0 Å². The molecule has 178 valence electrons. The van der Waals surface area contributed by atoms with E-state index in [4.69, 9.17) is 9.79 Å². The largest absolute Gasteiger partial charge is 0.469 e. The number of amides is 1. The van der Waals surface area contributed by atoms with Gasteiger partial charge in [0.25, 0.3) is 0 Å². The number of rotatable bonds is 20. The summed E-state index contributed by atoms with van der Waals surface area (Å²) in [4.78, 5) is 29.7. The van der Waals surface area contributed by atoms with E-state index in [1.807, 2.05) is 13.8 Å². The Kier molecular flexibility index (Phi) is 18.6. The summed E-state index contributed by atoms with van der Waals surface area (Å²) in [6.45, 7) is 5.84. The third-order valence-corrected chi connectivity index (χ3v) is 5.72. The van der Waals surface area contributed by atoms with Crippen molar-refractivity contribution in [3.63, 3.8) is 0 Å². The summed E-state index contributed by atoms with van der Waals surface area (Å²) in [7, 11) is -4.51. The Morgan fingerprint density at radius 3 is 1.90 bits per heavy atom. The van der Waals surface area contributed by atoms with Gasteiger partial charge in [-0.15, -0.1) is 0 Å². The van der Waals surface area contributed by atoms with E-state index in [1.165, 1.54) is 57.8 Å². The lowest BCUT2D eigenvalue weighted by atomic mass is 10.0. The van der Waals surface area contributed by atoms with E-state index in [1.54, 1.807) is 0 Å². The van der Waals surface area contributed by atoms with E-state index in [0.29, 0.717) is 6.42 Å². The number of hydrogen-bond donors (Lipinski definition) is 3. The lowest BCUT2D eigenvalue weighted by Gasteiger charge is -2.22. The zero-order chi connectivity index (χ0) is 22.7. The fraction of sp³-hybridized carbons (Fsp3) is 0.870. The molecule has 0 saturated carbocycles. The predicted octanol–water partition coefficient (Wildman–Crippen LogP) is 6.27. The topological polar surface area (TPSA) is 95.9 Å². The molecule has 0 aliphatic carbocycles. The van der Waals surface area contributed by atoms with Gasteiger partial charge in [-0.25, -0.2) is 4.57 Å². The van der Waals surface area contributed by atoms with Gasteiger partial charge in [0.2, 0.25) is 5.91 Å². The highest BCUT2D eigenvalue weighted by Crippen LogP contribution is 2.36. The molecule has 0 aliphatic rings. The minimum absolute atomic E-state index is 0.0367. The fourth-order valence-electron chi connectivity index (χ4n) is 3.21. The van der Waals surface area contributed by atoms with Gasteiger partial charge in [0, 0.05) is 6.42 Å². The molecule has 0 aromatic rings.